The van der Waals surface area contributed by atoms with Crippen LogP contribution in [-0.4, -0.2) is 47.8 Å². The van der Waals surface area contributed by atoms with Crippen molar-refractivity contribution in [2.24, 2.45) is 0 Å². The summed E-state index contributed by atoms with van der Waals surface area (Å²) in [5.41, 5.74) is 1.11. The smallest absolute Gasteiger partial charge is 0.322 e. The van der Waals surface area contributed by atoms with Crippen molar-refractivity contribution in [1.82, 2.24) is 15.0 Å². The Morgan fingerprint density at radius 1 is 1.17 bits per heavy atom. The summed E-state index contributed by atoms with van der Waals surface area (Å²) in [5.74, 6) is 0.684. The van der Waals surface area contributed by atoms with Gasteiger partial charge in [-0.15, -0.1) is 0 Å². The Hall–Kier alpha value is -2.10. The minimum absolute atomic E-state index is 0.593. The van der Waals surface area contributed by atoms with Gasteiger partial charge in [-0.3, -0.25) is 4.90 Å². The highest BCUT2D eigenvalue weighted by Gasteiger charge is 2.21. The van der Waals surface area contributed by atoms with Gasteiger partial charge in [-0.05, 0) is 30.7 Å². The van der Waals surface area contributed by atoms with Crippen molar-refractivity contribution < 1.29 is 4.52 Å². The second-order valence-corrected chi connectivity index (χ2v) is 6.32. The number of rotatable bonds is 6. The highest BCUT2D eigenvalue weighted by molar-refractivity contribution is 6.30. The van der Waals surface area contributed by atoms with Crippen molar-refractivity contribution in [3.63, 3.8) is 0 Å². The molecule has 0 saturated carbocycles. The average Bonchev–Trinajstić information content (AvgIpc) is 3.06. The maximum Gasteiger partial charge on any atom is 0.324 e. The lowest BCUT2D eigenvalue weighted by molar-refractivity contribution is 0.248. The van der Waals surface area contributed by atoms with E-state index in [1.54, 1.807) is 0 Å². The quantitative estimate of drug-likeness (QED) is 0.750. The van der Waals surface area contributed by atoms with Crippen molar-refractivity contribution in [2.75, 3.05) is 37.6 Å². The first-order chi connectivity index (χ1) is 11.7. The van der Waals surface area contributed by atoms with Crippen LogP contribution < -0.4 is 4.90 Å². The number of hydrogen-bond acceptors (Lipinski definition) is 6. The number of anilines is 1. The second-order valence-electron chi connectivity index (χ2n) is 5.89. The van der Waals surface area contributed by atoms with Crippen molar-refractivity contribution in [3.8, 4) is 6.07 Å². The van der Waals surface area contributed by atoms with Gasteiger partial charge in [0, 0.05) is 44.0 Å². The molecular formula is C17H20ClN5O. The number of hydrogen-bond donors (Lipinski definition) is 0. The number of nitrogens with zero attached hydrogens (tertiary/aromatic N) is 5. The van der Waals surface area contributed by atoms with Crippen molar-refractivity contribution in [1.29, 1.82) is 5.26 Å². The zero-order valence-corrected chi connectivity index (χ0v) is 14.2. The Bertz CT molecular complexity index is 686. The molecule has 0 spiro atoms. The van der Waals surface area contributed by atoms with Gasteiger partial charge < -0.3 is 9.42 Å². The molecule has 1 aromatic carbocycles. The third kappa shape index (κ3) is 4.47. The number of aromatic nitrogens is 2. The maximum absolute atomic E-state index is 8.60. The van der Waals surface area contributed by atoms with E-state index in [0.29, 0.717) is 24.7 Å². The monoisotopic (exact) mass is 345 g/mol. The molecule has 1 aliphatic rings. The van der Waals surface area contributed by atoms with Crippen LogP contribution in [0.1, 0.15) is 24.2 Å². The Morgan fingerprint density at radius 2 is 1.92 bits per heavy atom. The van der Waals surface area contributed by atoms with Crippen LogP contribution >= 0.6 is 11.6 Å². The first-order valence-corrected chi connectivity index (χ1v) is 8.53. The van der Waals surface area contributed by atoms with Crippen LogP contribution in [0.4, 0.5) is 6.01 Å². The number of halogens is 1. The van der Waals surface area contributed by atoms with Crippen LogP contribution in [0, 0.1) is 11.3 Å². The molecule has 24 heavy (non-hydrogen) atoms. The molecule has 3 rings (SSSR count). The summed E-state index contributed by atoms with van der Waals surface area (Å²) in [4.78, 5) is 9.00. The van der Waals surface area contributed by atoms with Gasteiger partial charge in [0.05, 0.1) is 6.07 Å². The zero-order chi connectivity index (χ0) is 16.8. The molecule has 7 heteroatoms. The SMILES string of the molecule is N#CCCCN1CCN(c2nc(Cc3ccc(Cl)cc3)no2)CC1. The Labute approximate surface area is 146 Å². The molecule has 1 fully saturated rings. The molecular weight excluding hydrogens is 326 g/mol. The van der Waals surface area contributed by atoms with Gasteiger partial charge in [0.15, 0.2) is 5.82 Å². The summed E-state index contributed by atoms with van der Waals surface area (Å²) in [6.07, 6.45) is 2.19. The molecule has 0 N–H and O–H groups in total. The number of unbranched alkanes of at least 4 members (excludes halogenated alkanes) is 1. The van der Waals surface area contributed by atoms with Crippen molar-refractivity contribution >= 4 is 17.6 Å². The summed E-state index contributed by atoms with van der Waals surface area (Å²) in [7, 11) is 0. The molecule has 1 aromatic heterocycles. The Kier molecular flexibility index (Phi) is 5.68. The lowest BCUT2D eigenvalue weighted by atomic mass is 10.1. The third-order valence-corrected chi connectivity index (χ3v) is 4.39. The number of piperazine rings is 1. The first kappa shape index (κ1) is 16.7. The molecule has 1 saturated heterocycles. The van der Waals surface area contributed by atoms with E-state index < -0.39 is 0 Å². The fourth-order valence-corrected chi connectivity index (χ4v) is 2.90. The highest BCUT2D eigenvalue weighted by atomic mass is 35.5. The molecule has 2 aromatic rings. The van der Waals surface area contributed by atoms with Gasteiger partial charge in [-0.25, -0.2) is 0 Å². The van der Waals surface area contributed by atoms with Gasteiger partial charge >= 0.3 is 6.01 Å². The van der Waals surface area contributed by atoms with E-state index in [0.717, 1.165) is 49.7 Å². The summed E-state index contributed by atoms with van der Waals surface area (Å²) in [5, 5.41) is 13.4. The van der Waals surface area contributed by atoms with Crippen LogP contribution in [0.3, 0.4) is 0 Å². The molecule has 1 aliphatic heterocycles. The van der Waals surface area contributed by atoms with Gasteiger partial charge in [0.1, 0.15) is 0 Å². The highest BCUT2D eigenvalue weighted by Crippen LogP contribution is 2.17. The Balaban J connectivity index is 1.51. The van der Waals surface area contributed by atoms with E-state index in [-0.39, 0.29) is 0 Å². The van der Waals surface area contributed by atoms with E-state index >= 15 is 0 Å². The molecule has 0 bridgehead atoms. The molecule has 0 unspecified atom stereocenters. The molecule has 6 nitrogen and oxygen atoms in total. The number of benzene rings is 1. The Morgan fingerprint density at radius 3 is 2.62 bits per heavy atom. The van der Waals surface area contributed by atoms with Crippen LogP contribution in [-0.2, 0) is 6.42 Å². The minimum Gasteiger partial charge on any atom is -0.322 e. The topological polar surface area (TPSA) is 69.2 Å². The van der Waals surface area contributed by atoms with Gasteiger partial charge in [-0.2, -0.15) is 10.2 Å². The van der Waals surface area contributed by atoms with Crippen molar-refractivity contribution in [3.05, 3.63) is 40.7 Å². The molecule has 0 radical (unpaired) electrons. The van der Waals surface area contributed by atoms with Gasteiger partial charge in [0.2, 0.25) is 0 Å². The number of nitriles is 1. The van der Waals surface area contributed by atoms with Crippen LogP contribution in [0.2, 0.25) is 5.02 Å². The minimum atomic E-state index is 0.593. The van der Waals surface area contributed by atoms with E-state index in [1.807, 2.05) is 24.3 Å². The standard InChI is InChI=1S/C17H20ClN5O/c18-15-5-3-14(4-6-15)13-16-20-17(24-21-16)23-11-9-22(10-12-23)8-2-1-7-19/h3-6H,1-2,8-13H2. The predicted molar refractivity (Wildman–Crippen MR) is 92.1 cm³/mol. The van der Waals surface area contributed by atoms with Crippen LogP contribution in [0.5, 0.6) is 0 Å². The molecule has 2 heterocycles. The predicted octanol–water partition coefficient (Wildman–Crippen LogP) is 2.74. The molecule has 0 amide bonds. The van der Waals surface area contributed by atoms with E-state index in [4.69, 9.17) is 21.4 Å². The largest absolute Gasteiger partial charge is 0.324 e. The molecule has 0 aliphatic carbocycles. The van der Waals surface area contributed by atoms with Gasteiger partial charge in [-0.1, -0.05) is 28.9 Å². The maximum atomic E-state index is 8.60. The summed E-state index contributed by atoms with van der Waals surface area (Å²) < 4.78 is 5.41. The van der Waals surface area contributed by atoms with Crippen LogP contribution in [0.25, 0.3) is 0 Å². The van der Waals surface area contributed by atoms with Gasteiger partial charge in [0.25, 0.3) is 0 Å². The summed E-state index contributed by atoms with van der Waals surface area (Å²) >= 11 is 5.90. The average molecular weight is 346 g/mol. The normalized spacial score (nSPS) is 15.4. The van der Waals surface area contributed by atoms with E-state index in [2.05, 4.69) is 26.0 Å². The van der Waals surface area contributed by atoms with E-state index in [9.17, 15) is 0 Å². The molecule has 126 valence electrons. The zero-order valence-electron chi connectivity index (χ0n) is 13.5. The third-order valence-electron chi connectivity index (χ3n) is 4.14. The second kappa shape index (κ2) is 8.13. The fraction of sp³-hybridized carbons (Fsp3) is 0.471. The van der Waals surface area contributed by atoms with Crippen LogP contribution in [0.15, 0.2) is 28.8 Å². The summed E-state index contributed by atoms with van der Waals surface area (Å²) in [6.45, 7) is 4.64. The lowest BCUT2D eigenvalue weighted by Gasteiger charge is -2.33. The molecule has 0 atom stereocenters. The van der Waals surface area contributed by atoms with Crippen molar-refractivity contribution in [2.45, 2.75) is 19.3 Å². The van der Waals surface area contributed by atoms with E-state index in [1.165, 1.54) is 0 Å². The first-order valence-electron chi connectivity index (χ1n) is 8.16. The summed E-state index contributed by atoms with van der Waals surface area (Å²) in [6, 6.07) is 10.5. The fourth-order valence-electron chi connectivity index (χ4n) is 2.77. The lowest BCUT2D eigenvalue weighted by Crippen LogP contribution is -2.46.